The predicted octanol–water partition coefficient (Wildman–Crippen LogP) is 3.94. The zero-order chi connectivity index (χ0) is 33.7. The van der Waals surface area contributed by atoms with Crippen LogP contribution in [0.25, 0.3) is 0 Å². The Morgan fingerprint density at radius 2 is 0.917 bits per heavy atom. The van der Waals surface area contributed by atoms with Crippen LogP contribution in [0.5, 0.6) is 0 Å². The van der Waals surface area contributed by atoms with E-state index in [1.807, 2.05) is 74.8 Å². The molecule has 4 aliphatic heterocycles. The van der Waals surface area contributed by atoms with E-state index in [1.165, 1.54) is 14.2 Å². The summed E-state index contributed by atoms with van der Waals surface area (Å²) in [4.78, 5) is 59.7. The number of esters is 4. The number of rotatable bonds is 8. The van der Waals surface area contributed by atoms with Crippen LogP contribution in [0.15, 0.2) is 60.7 Å². The van der Waals surface area contributed by atoms with Crippen LogP contribution >= 0.6 is 0 Å². The lowest BCUT2D eigenvalue weighted by Gasteiger charge is -2.51. The maximum atomic E-state index is 14.5. The van der Waals surface area contributed by atoms with Gasteiger partial charge in [0.2, 0.25) is 0 Å². The third-order valence-corrected chi connectivity index (χ3v) is 12.4. The third kappa shape index (κ3) is 5.50. The number of hydrogen-bond acceptors (Lipinski definition) is 10. The molecule has 10 nitrogen and oxygen atoms in total. The van der Waals surface area contributed by atoms with Gasteiger partial charge in [-0.2, -0.15) is 0 Å². The molecule has 2 aromatic carbocycles. The topological polar surface area (TPSA) is 112 Å². The second-order valence-electron chi connectivity index (χ2n) is 14.4. The summed E-state index contributed by atoms with van der Waals surface area (Å²) in [5, 5.41) is 0. The minimum absolute atomic E-state index is 0.0757. The van der Waals surface area contributed by atoms with Gasteiger partial charge in [0, 0.05) is 48.8 Å². The first-order chi connectivity index (χ1) is 23.2. The summed E-state index contributed by atoms with van der Waals surface area (Å²) in [7, 11) is 6.77. The van der Waals surface area contributed by atoms with Gasteiger partial charge in [0.05, 0.1) is 26.1 Å². The maximum absolute atomic E-state index is 14.5. The van der Waals surface area contributed by atoms with Crippen molar-refractivity contribution in [2.24, 2.45) is 23.7 Å². The largest absolute Gasteiger partial charge is 0.469 e. The normalized spacial score (nSPS) is 37.2. The van der Waals surface area contributed by atoms with Crippen molar-refractivity contribution in [3.63, 3.8) is 0 Å². The molecule has 0 amide bonds. The number of fused-ring (bicyclic) bond motifs is 4. The zero-order valence-electron chi connectivity index (χ0n) is 28.1. The summed E-state index contributed by atoms with van der Waals surface area (Å²) in [5.41, 5.74) is 1.85. The molecule has 5 fully saturated rings. The lowest BCUT2D eigenvalue weighted by molar-refractivity contribution is -0.190. The molecule has 10 heteroatoms. The molecular weight excluding hydrogens is 612 g/mol. The number of hydrogen-bond donors (Lipinski definition) is 0. The Kier molecular flexibility index (Phi) is 9.06. The van der Waals surface area contributed by atoms with Crippen LogP contribution in [0.1, 0.15) is 61.5 Å². The molecule has 4 saturated heterocycles. The Hall–Kier alpha value is -3.76. The average Bonchev–Trinajstić information content (AvgIpc) is 3.45. The summed E-state index contributed by atoms with van der Waals surface area (Å²) in [6.07, 6.45) is 3.24. The maximum Gasteiger partial charge on any atom is 0.314 e. The molecule has 0 spiro atoms. The van der Waals surface area contributed by atoms with Crippen LogP contribution in [0, 0.1) is 23.7 Å². The average molecular weight is 659 g/mol. The highest BCUT2D eigenvalue weighted by Crippen LogP contribution is 2.59. The highest BCUT2D eigenvalue weighted by Gasteiger charge is 2.62. The smallest absolute Gasteiger partial charge is 0.314 e. The Labute approximate surface area is 282 Å². The molecule has 0 N–H and O–H groups in total. The molecule has 7 rings (SSSR count). The van der Waals surface area contributed by atoms with Gasteiger partial charge in [-0.1, -0.05) is 60.7 Å². The Balaban J connectivity index is 1.23. The zero-order valence-corrected chi connectivity index (χ0v) is 28.1. The predicted molar refractivity (Wildman–Crippen MR) is 174 cm³/mol. The molecule has 0 radical (unpaired) electrons. The molecule has 0 aromatic heterocycles. The van der Waals surface area contributed by atoms with Crippen molar-refractivity contribution >= 4 is 23.9 Å². The van der Waals surface area contributed by atoms with Gasteiger partial charge in [-0.25, -0.2) is 0 Å². The lowest BCUT2D eigenvalue weighted by atomic mass is 9.52. The van der Waals surface area contributed by atoms with E-state index in [2.05, 4.69) is 9.80 Å². The van der Waals surface area contributed by atoms with Crippen LogP contribution < -0.4 is 0 Å². The number of benzene rings is 2. The first kappa shape index (κ1) is 32.8. The van der Waals surface area contributed by atoms with E-state index in [1.54, 1.807) is 0 Å². The summed E-state index contributed by atoms with van der Waals surface area (Å²) in [6.45, 7) is 0. The van der Waals surface area contributed by atoms with Gasteiger partial charge in [-0.3, -0.25) is 29.0 Å². The van der Waals surface area contributed by atoms with Gasteiger partial charge in [-0.05, 0) is 50.9 Å². The van der Waals surface area contributed by atoms with Crippen molar-refractivity contribution in [3.8, 4) is 0 Å². The van der Waals surface area contributed by atoms with Crippen molar-refractivity contribution in [1.29, 1.82) is 0 Å². The molecule has 6 unspecified atom stereocenters. The van der Waals surface area contributed by atoms with Gasteiger partial charge >= 0.3 is 23.9 Å². The summed E-state index contributed by atoms with van der Waals surface area (Å²) >= 11 is 0. The number of piperidine rings is 2. The first-order valence-electron chi connectivity index (χ1n) is 17.3. The SMILES string of the molecule is COC(=O)[C@H]1C(OC(=O)C2C(C(=O)OC3C[C@@H]4CC[C@H]([C@H]3C(=O)OC)N4C)C(c3ccccc3)C2c2ccccc2)C[C@@H]2CC[C@H]1N2C. The molecule has 256 valence electrons. The highest BCUT2D eigenvalue weighted by atomic mass is 16.6. The molecule has 4 heterocycles. The van der Waals surface area contributed by atoms with E-state index in [4.69, 9.17) is 18.9 Å². The molecule has 48 heavy (non-hydrogen) atoms. The van der Waals surface area contributed by atoms with Gasteiger partial charge in [0.25, 0.3) is 0 Å². The summed E-state index contributed by atoms with van der Waals surface area (Å²) in [5.74, 6) is -5.41. The summed E-state index contributed by atoms with van der Waals surface area (Å²) in [6, 6.07) is 19.8. The fraction of sp³-hybridized carbons (Fsp3) is 0.579. The van der Waals surface area contributed by atoms with Gasteiger partial charge in [0.1, 0.15) is 24.0 Å². The quantitative estimate of drug-likeness (QED) is 0.306. The van der Waals surface area contributed by atoms with Crippen LogP contribution in [-0.2, 0) is 38.1 Å². The Bertz CT molecular complexity index is 1410. The van der Waals surface area contributed by atoms with Crippen molar-refractivity contribution in [2.45, 2.75) is 86.7 Å². The van der Waals surface area contributed by atoms with Crippen molar-refractivity contribution in [3.05, 3.63) is 71.8 Å². The van der Waals surface area contributed by atoms with E-state index >= 15 is 0 Å². The summed E-state index contributed by atoms with van der Waals surface area (Å²) < 4.78 is 23.1. The van der Waals surface area contributed by atoms with Crippen LogP contribution in [0.2, 0.25) is 0 Å². The van der Waals surface area contributed by atoms with Crippen LogP contribution in [0.3, 0.4) is 0 Å². The van der Waals surface area contributed by atoms with Crippen molar-refractivity contribution in [1.82, 2.24) is 9.80 Å². The van der Waals surface area contributed by atoms with Crippen molar-refractivity contribution in [2.75, 3.05) is 28.3 Å². The first-order valence-corrected chi connectivity index (χ1v) is 17.3. The molecule has 12 atom stereocenters. The van der Waals surface area contributed by atoms with Gasteiger partial charge in [-0.15, -0.1) is 0 Å². The standard InChI is InChI=1S/C38H46N2O8/c1-39-23-15-17-25(39)31(35(41)45-3)27(19-23)47-37(43)33-29(21-11-7-5-8-12-21)30(22-13-9-6-10-14-22)34(33)38(44)48-28-20-24-16-18-26(40(24)2)32(28)36(42)46-4/h5-14,23-34H,15-20H2,1-4H3/t23-,24-,25+,26+,27?,28?,29?,30?,31+,32+,33?,34?/m0/s1. The second-order valence-corrected chi connectivity index (χ2v) is 14.4. The van der Waals surface area contributed by atoms with Gasteiger partial charge in [0.15, 0.2) is 0 Å². The minimum atomic E-state index is -0.847. The number of ether oxygens (including phenoxy) is 4. The van der Waals surface area contributed by atoms with E-state index in [9.17, 15) is 19.2 Å². The second kappa shape index (κ2) is 13.3. The number of methoxy groups -OCH3 is 2. The lowest BCUT2D eigenvalue weighted by Crippen LogP contribution is -2.58. The molecular formula is C38H46N2O8. The number of carbonyl (C=O) groups excluding carboxylic acids is 4. The molecule has 1 saturated carbocycles. The molecule has 2 aromatic rings. The minimum Gasteiger partial charge on any atom is -0.469 e. The van der Waals surface area contributed by atoms with E-state index in [0.29, 0.717) is 12.8 Å². The molecule has 5 aliphatic rings. The Morgan fingerprint density at radius 1 is 0.542 bits per heavy atom. The monoisotopic (exact) mass is 658 g/mol. The van der Waals surface area contributed by atoms with E-state index in [0.717, 1.165) is 36.8 Å². The number of carbonyl (C=O) groups is 4. The molecule has 4 bridgehead atoms. The fourth-order valence-electron chi connectivity index (χ4n) is 9.94. The number of nitrogens with zero attached hydrogens (tertiary/aromatic N) is 2. The Morgan fingerprint density at radius 3 is 1.27 bits per heavy atom. The molecule has 1 aliphatic carbocycles. The van der Waals surface area contributed by atoms with Crippen LogP contribution in [0.4, 0.5) is 0 Å². The van der Waals surface area contributed by atoms with E-state index < -0.39 is 47.8 Å². The highest BCUT2D eigenvalue weighted by molar-refractivity contribution is 5.88. The van der Waals surface area contributed by atoms with E-state index in [-0.39, 0.29) is 47.9 Å². The third-order valence-electron chi connectivity index (χ3n) is 12.4. The fourth-order valence-corrected chi connectivity index (χ4v) is 9.94. The van der Waals surface area contributed by atoms with Crippen molar-refractivity contribution < 1.29 is 38.1 Å². The van der Waals surface area contributed by atoms with Gasteiger partial charge < -0.3 is 18.9 Å². The van der Waals surface area contributed by atoms with Crippen LogP contribution in [-0.4, -0.2) is 98.4 Å².